The second-order valence-electron chi connectivity index (χ2n) is 5.64. The molecule has 0 spiro atoms. The number of aryl methyl sites for hydroxylation is 1. The Bertz CT molecular complexity index is 614. The summed E-state index contributed by atoms with van der Waals surface area (Å²) in [6.45, 7) is 7.57. The van der Waals surface area contributed by atoms with Crippen LogP contribution in [-0.2, 0) is 13.1 Å². The van der Waals surface area contributed by atoms with Gasteiger partial charge in [0.05, 0.1) is 12.2 Å². The summed E-state index contributed by atoms with van der Waals surface area (Å²) in [7, 11) is 1.75. The molecule has 118 valence electrons. The monoisotopic (exact) mass is 300 g/mol. The Kier molecular flexibility index (Phi) is 5.58. The minimum Gasteiger partial charge on any atom is -0.359 e. The van der Waals surface area contributed by atoms with Crippen LogP contribution in [0.3, 0.4) is 0 Å². The first kappa shape index (κ1) is 16.1. The third-order valence-corrected chi connectivity index (χ3v) is 3.40. The molecule has 0 aliphatic rings. The molecule has 0 unspecified atom stereocenters. The highest BCUT2D eigenvalue weighted by Gasteiger charge is 2.08. The zero-order valence-corrected chi connectivity index (χ0v) is 13.7. The summed E-state index contributed by atoms with van der Waals surface area (Å²) in [5.41, 5.74) is 3.45. The lowest BCUT2D eigenvalue weighted by atomic mass is 10.1. The zero-order valence-electron chi connectivity index (χ0n) is 13.7. The molecule has 5 heteroatoms. The highest BCUT2D eigenvalue weighted by atomic mass is 16.5. The molecule has 22 heavy (non-hydrogen) atoms. The van der Waals surface area contributed by atoms with Gasteiger partial charge in [0.2, 0.25) is 0 Å². The number of aromatic nitrogens is 1. The average Bonchev–Trinajstić information content (AvgIpc) is 2.98. The number of aliphatic imine (C=N–C) groups is 1. The number of rotatable bonds is 5. The topological polar surface area (TPSA) is 62.5 Å². The van der Waals surface area contributed by atoms with Crippen LogP contribution in [0.25, 0.3) is 0 Å². The predicted molar refractivity (Wildman–Crippen MR) is 88.8 cm³/mol. The molecule has 0 aliphatic carbocycles. The molecule has 1 heterocycles. The van der Waals surface area contributed by atoms with Crippen molar-refractivity contribution in [3.8, 4) is 0 Å². The first-order valence-corrected chi connectivity index (χ1v) is 7.54. The van der Waals surface area contributed by atoms with Gasteiger partial charge in [0.25, 0.3) is 0 Å². The SMILES string of the molecule is CN=C(NCc1ccc(C)cc1)NCc1cc(C(C)C)no1. The van der Waals surface area contributed by atoms with Gasteiger partial charge in [-0.3, -0.25) is 4.99 Å². The van der Waals surface area contributed by atoms with Gasteiger partial charge in [0.1, 0.15) is 0 Å². The van der Waals surface area contributed by atoms with Crippen molar-refractivity contribution in [1.82, 2.24) is 15.8 Å². The van der Waals surface area contributed by atoms with Crippen molar-refractivity contribution in [3.05, 3.63) is 52.9 Å². The molecule has 2 N–H and O–H groups in total. The Morgan fingerprint density at radius 3 is 2.45 bits per heavy atom. The van der Waals surface area contributed by atoms with Crippen LogP contribution >= 0.6 is 0 Å². The highest BCUT2D eigenvalue weighted by molar-refractivity contribution is 5.79. The van der Waals surface area contributed by atoms with Crippen molar-refractivity contribution in [3.63, 3.8) is 0 Å². The minimum absolute atomic E-state index is 0.372. The number of hydrogen-bond acceptors (Lipinski definition) is 3. The van der Waals surface area contributed by atoms with Crippen LogP contribution in [-0.4, -0.2) is 18.2 Å². The molecule has 1 aromatic carbocycles. The van der Waals surface area contributed by atoms with Gasteiger partial charge in [-0.1, -0.05) is 48.8 Å². The van der Waals surface area contributed by atoms with E-state index in [0.717, 1.165) is 24.0 Å². The van der Waals surface area contributed by atoms with Crippen LogP contribution in [0.4, 0.5) is 0 Å². The van der Waals surface area contributed by atoms with E-state index in [9.17, 15) is 0 Å². The van der Waals surface area contributed by atoms with Crippen LogP contribution in [0.5, 0.6) is 0 Å². The molecule has 2 rings (SSSR count). The Morgan fingerprint density at radius 2 is 1.86 bits per heavy atom. The summed E-state index contributed by atoms with van der Waals surface area (Å²) >= 11 is 0. The van der Waals surface area contributed by atoms with E-state index in [0.29, 0.717) is 12.5 Å². The number of benzene rings is 1. The lowest BCUT2D eigenvalue weighted by Crippen LogP contribution is -2.36. The van der Waals surface area contributed by atoms with Gasteiger partial charge in [-0.15, -0.1) is 0 Å². The Balaban J connectivity index is 1.83. The third-order valence-electron chi connectivity index (χ3n) is 3.40. The fourth-order valence-corrected chi connectivity index (χ4v) is 1.97. The van der Waals surface area contributed by atoms with Gasteiger partial charge >= 0.3 is 0 Å². The summed E-state index contributed by atoms with van der Waals surface area (Å²) in [6.07, 6.45) is 0. The molecule has 0 saturated heterocycles. The van der Waals surface area contributed by atoms with E-state index in [-0.39, 0.29) is 0 Å². The van der Waals surface area contributed by atoms with E-state index < -0.39 is 0 Å². The Morgan fingerprint density at radius 1 is 1.18 bits per heavy atom. The molecule has 0 fully saturated rings. The predicted octanol–water partition coefficient (Wildman–Crippen LogP) is 2.97. The normalized spacial score (nSPS) is 11.8. The Labute approximate surface area is 131 Å². The number of nitrogens with zero attached hydrogens (tertiary/aromatic N) is 2. The average molecular weight is 300 g/mol. The molecule has 0 bridgehead atoms. The van der Waals surface area contributed by atoms with Crippen LogP contribution in [0, 0.1) is 6.92 Å². The fraction of sp³-hybridized carbons (Fsp3) is 0.412. The lowest BCUT2D eigenvalue weighted by Gasteiger charge is -2.10. The summed E-state index contributed by atoms with van der Waals surface area (Å²) < 4.78 is 5.30. The van der Waals surface area contributed by atoms with Crippen molar-refractivity contribution in [1.29, 1.82) is 0 Å². The van der Waals surface area contributed by atoms with Crippen molar-refractivity contribution >= 4 is 5.96 Å². The number of guanidine groups is 1. The second-order valence-corrected chi connectivity index (χ2v) is 5.64. The largest absolute Gasteiger partial charge is 0.359 e. The summed E-state index contributed by atoms with van der Waals surface area (Å²) in [5, 5.41) is 10.6. The van der Waals surface area contributed by atoms with E-state index in [4.69, 9.17) is 4.52 Å². The molecule has 0 amide bonds. The van der Waals surface area contributed by atoms with Crippen molar-refractivity contribution in [2.45, 2.75) is 39.8 Å². The summed E-state index contributed by atoms with van der Waals surface area (Å²) in [4.78, 5) is 4.21. The molecule has 0 saturated carbocycles. The molecule has 0 aliphatic heterocycles. The van der Waals surface area contributed by atoms with E-state index >= 15 is 0 Å². The summed E-state index contributed by atoms with van der Waals surface area (Å²) in [6, 6.07) is 10.4. The lowest BCUT2D eigenvalue weighted by molar-refractivity contribution is 0.372. The molecule has 1 aromatic heterocycles. The first-order valence-electron chi connectivity index (χ1n) is 7.54. The van der Waals surface area contributed by atoms with E-state index in [1.807, 2.05) is 6.07 Å². The number of nitrogens with one attached hydrogen (secondary N) is 2. The fourth-order valence-electron chi connectivity index (χ4n) is 1.97. The Hall–Kier alpha value is -2.30. The van der Waals surface area contributed by atoms with Gasteiger partial charge in [-0.05, 0) is 18.4 Å². The molecule has 0 radical (unpaired) electrons. The standard InChI is InChI=1S/C17H24N4O/c1-12(2)16-9-15(22-21-16)11-20-17(18-4)19-10-14-7-5-13(3)6-8-14/h5-9,12H,10-11H2,1-4H3,(H2,18,19,20). The molecule has 5 nitrogen and oxygen atoms in total. The third kappa shape index (κ3) is 4.62. The first-order chi connectivity index (χ1) is 10.6. The quantitative estimate of drug-likeness (QED) is 0.658. The van der Waals surface area contributed by atoms with Gasteiger partial charge < -0.3 is 15.2 Å². The van der Waals surface area contributed by atoms with E-state index in [2.05, 4.69) is 65.8 Å². The highest BCUT2D eigenvalue weighted by Crippen LogP contribution is 2.13. The maximum Gasteiger partial charge on any atom is 0.191 e. The minimum atomic E-state index is 0.372. The van der Waals surface area contributed by atoms with E-state index in [1.165, 1.54) is 11.1 Å². The van der Waals surface area contributed by atoms with Gasteiger partial charge in [0.15, 0.2) is 11.7 Å². The van der Waals surface area contributed by atoms with E-state index in [1.54, 1.807) is 7.05 Å². The maximum absolute atomic E-state index is 5.30. The smallest absolute Gasteiger partial charge is 0.191 e. The van der Waals surface area contributed by atoms with Gasteiger partial charge in [-0.25, -0.2) is 0 Å². The van der Waals surface area contributed by atoms with Gasteiger partial charge in [0, 0.05) is 19.7 Å². The van der Waals surface area contributed by atoms with Gasteiger partial charge in [-0.2, -0.15) is 0 Å². The molecular formula is C17H24N4O. The molecular weight excluding hydrogens is 276 g/mol. The van der Waals surface area contributed by atoms with Crippen molar-refractivity contribution in [2.24, 2.45) is 4.99 Å². The van der Waals surface area contributed by atoms with Crippen LogP contribution in [0.2, 0.25) is 0 Å². The maximum atomic E-state index is 5.30. The molecule has 0 atom stereocenters. The summed E-state index contributed by atoms with van der Waals surface area (Å²) in [5.74, 6) is 1.92. The number of hydrogen-bond donors (Lipinski definition) is 2. The van der Waals surface area contributed by atoms with Crippen LogP contribution in [0.15, 0.2) is 39.8 Å². The van der Waals surface area contributed by atoms with Crippen molar-refractivity contribution in [2.75, 3.05) is 7.05 Å². The van der Waals surface area contributed by atoms with Crippen LogP contribution < -0.4 is 10.6 Å². The second kappa shape index (κ2) is 7.64. The molecule has 2 aromatic rings. The van der Waals surface area contributed by atoms with Crippen molar-refractivity contribution < 1.29 is 4.52 Å². The van der Waals surface area contributed by atoms with Crippen LogP contribution in [0.1, 0.15) is 42.3 Å². The zero-order chi connectivity index (χ0) is 15.9.